The Kier molecular flexibility index (Phi) is 16.5. The minimum Gasteiger partial charge on any atom is -0.495 e. The second kappa shape index (κ2) is 20.5. The highest BCUT2D eigenvalue weighted by atomic mass is 19.1. The Morgan fingerprint density at radius 3 is 1.95 bits per heavy atom. The van der Waals surface area contributed by atoms with Crippen LogP contribution in [0.4, 0.5) is 8.78 Å². The molecule has 5 atom stereocenters. The van der Waals surface area contributed by atoms with Gasteiger partial charge in [0.15, 0.2) is 0 Å². The zero-order valence-electron chi connectivity index (χ0n) is 31.8. The quantitative estimate of drug-likeness (QED) is 0.122. The van der Waals surface area contributed by atoms with Gasteiger partial charge in [-0.3, -0.25) is 28.8 Å². The van der Waals surface area contributed by atoms with Gasteiger partial charge in [-0.15, -0.1) is 0 Å². The number of aliphatic hydroxyl groups is 1. The third-order valence-corrected chi connectivity index (χ3v) is 9.54. The van der Waals surface area contributed by atoms with Crippen LogP contribution in [-0.4, -0.2) is 100 Å². The molecule has 4 amide bonds. The van der Waals surface area contributed by atoms with Gasteiger partial charge in [0.1, 0.15) is 23.4 Å². The third-order valence-electron chi connectivity index (χ3n) is 9.54. The first-order valence-corrected chi connectivity index (χ1v) is 18.4. The highest BCUT2D eigenvalue weighted by molar-refractivity contribution is 6.04. The van der Waals surface area contributed by atoms with Crippen molar-refractivity contribution in [2.75, 3.05) is 20.2 Å². The van der Waals surface area contributed by atoms with Crippen molar-refractivity contribution < 1.29 is 57.6 Å². The Hall–Kier alpha value is -5.12. The first-order chi connectivity index (χ1) is 26.0. The number of nitrogens with zero attached hydrogens (tertiary/aromatic N) is 1. The summed E-state index contributed by atoms with van der Waals surface area (Å²) >= 11 is 0. The number of rotatable bonds is 19. The molecular weight excluding hydrogens is 722 g/mol. The average molecular weight is 775 g/mol. The summed E-state index contributed by atoms with van der Waals surface area (Å²) in [7, 11) is 1.30. The number of ether oxygens (including phenoxy) is 1. The number of hydrogen-bond donors (Lipinski definition) is 6. The van der Waals surface area contributed by atoms with Gasteiger partial charge in [-0.1, -0.05) is 33.8 Å². The minimum absolute atomic E-state index is 0.00196. The van der Waals surface area contributed by atoms with Gasteiger partial charge >= 0.3 is 11.9 Å². The molecule has 1 fully saturated rings. The normalized spacial score (nSPS) is 18.4. The number of nitrogens with one attached hydrogen (secondary N) is 3. The lowest BCUT2D eigenvalue weighted by molar-refractivity contribution is -0.149. The summed E-state index contributed by atoms with van der Waals surface area (Å²) < 4.78 is 33.9. The van der Waals surface area contributed by atoms with Crippen LogP contribution in [0.25, 0.3) is 0 Å². The molecular formula is C39H52F2N4O10. The van der Waals surface area contributed by atoms with E-state index in [0.29, 0.717) is 32.0 Å². The maximum atomic E-state index is 14.2. The smallest absolute Gasteiger partial charge is 0.306 e. The maximum Gasteiger partial charge on any atom is 0.306 e. The predicted molar refractivity (Wildman–Crippen MR) is 196 cm³/mol. The fourth-order valence-electron chi connectivity index (χ4n) is 6.87. The van der Waals surface area contributed by atoms with E-state index in [1.54, 1.807) is 18.7 Å². The largest absolute Gasteiger partial charge is 0.495 e. The number of carbonyl (C=O) groups is 6. The van der Waals surface area contributed by atoms with E-state index in [1.807, 2.05) is 13.8 Å². The van der Waals surface area contributed by atoms with E-state index in [1.165, 1.54) is 25.3 Å². The van der Waals surface area contributed by atoms with Crippen molar-refractivity contribution in [2.24, 2.45) is 17.8 Å². The molecule has 2 aromatic rings. The molecule has 0 radical (unpaired) electrons. The summed E-state index contributed by atoms with van der Waals surface area (Å²) in [6.07, 6.45) is -1.35. The molecule has 6 N–H and O–H groups in total. The first kappa shape index (κ1) is 44.3. The van der Waals surface area contributed by atoms with Crippen LogP contribution in [0.3, 0.4) is 0 Å². The lowest BCUT2D eigenvalue weighted by Gasteiger charge is -2.33. The third kappa shape index (κ3) is 12.5. The SMILES string of the molecule is CCCN(CCC)C(=O)c1cccc(C(=O)N[C@@H](Cc2cc(F)cc(F)c2)[C@@H](O)CC(=O)N[C@H](C(=O)NC2CC(C(=O)O)CC(C(=O)O)C2)C(C)C)c1OC. The number of carboxylic acids is 2. The van der Waals surface area contributed by atoms with Gasteiger partial charge in [-0.05, 0) is 74.3 Å². The Morgan fingerprint density at radius 2 is 1.44 bits per heavy atom. The number of benzene rings is 2. The van der Waals surface area contributed by atoms with Gasteiger partial charge < -0.3 is 40.9 Å². The summed E-state index contributed by atoms with van der Waals surface area (Å²) in [6.45, 7) is 8.08. The summed E-state index contributed by atoms with van der Waals surface area (Å²) in [5, 5.41) is 38.3. The number of hydrogen-bond acceptors (Lipinski definition) is 8. The van der Waals surface area contributed by atoms with E-state index in [9.17, 15) is 52.9 Å². The molecule has 1 aliphatic carbocycles. The minimum atomic E-state index is -1.67. The molecule has 2 aromatic carbocycles. The van der Waals surface area contributed by atoms with Crippen molar-refractivity contribution in [1.29, 1.82) is 0 Å². The van der Waals surface area contributed by atoms with Crippen molar-refractivity contribution >= 4 is 35.6 Å². The molecule has 16 heteroatoms. The van der Waals surface area contributed by atoms with Crippen molar-refractivity contribution in [3.05, 3.63) is 64.7 Å². The van der Waals surface area contributed by atoms with Crippen LogP contribution in [0.5, 0.6) is 5.75 Å². The maximum absolute atomic E-state index is 14.2. The molecule has 0 heterocycles. The first-order valence-electron chi connectivity index (χ1n) is 18.4. The Balaban J connectivity index is 1.85. The predicted octanol–water partition coefficient (Wildman–Crippen LogP) is 3.54. The highest BCUT2D eigenvalue weighted by Crippen LogP contribution is 2.30. The standard InChI is InChI=1S/C39H52F2N4O10/c1-6-11-45(12-7-2)37(50)29-10-8-9-28(34(29)55-5)35(48)43-30(15-22-13-25(40)19-26(41)14-22)31(46)20-32(47)44-33(21(3)4)36(49)42-27-17-23(38(51)52)16-24(18-27)39(53)54/h8-10,13-14,19,21,23-24,27,30-31,33,46H,6-7,11-12,15-18,20H2,1-5H3,(H,42,49)(H,43,48)(H,44,47)(H,51,52)(H,53,54)/t23?,24?,27?,30-,31-,33-/m0/s1. The van der Waals surface area contributed by atoms with Crippen LogP contribution in [0.2, 0.25) is 0 Å². The summed E-state index contributed by atoms with van der Waals surface area (Å²) in [5.41, 5.74) is 0.117. The lowest BCUT2D eigenvalue weighted by Crippen LogP contribution is -2.55. The van der Waals surface area contributed by atoms with Crippen LogP contribution in [0.15, 0.2) is 36.4 Å². The van der Waals surface area contributed by atoms with Crippen LogP contribution in [-0.2, 0) is 25.6 Å². The second-order valence-electron chi connectivity index (χ2n) is 14.3. The molecule has 302 valence electrons. The van der Waals surface area contributed by atoms with E-state index in [4.69, 9.17) is 4.74 Å². The molecule has 0 aliphatic heterocycles. The Morgan fingerprint density at radius 1 is 0.873 bits per heavy atom. The van der Waals surface area contributed by atoms with Crippen molar-refractivity contribution in [3.63, 3.8) is 0 Å². The van der Waals surface area contributed by atoms with Crippen LogP contribution in [0, 0.1) is 29.4 Å². The lowest BCUT2D eigenvalue weighted by atomic mass is 9.78. The zero-order chi connectivity index (χ0) is 41.0. The number of carboxylic acid groups (broad SMARTS) is 2. The van der Waals surface area contributed by atoms with Crippen molar-refractivity contribution in [2.45, 2.75) is 96.9 Å². The fourth-order valence-corrected chi connectivity index (χ4v) is 6.87. The highest BCUT2D eigenvalue weighted by Gasteiger charge is 2.38. The number of amides is 4. The van der Waals surface area contributed by atoms with Crippen LogP contribution < -0.4 is 20.7 Å². The summed E-state index contributed by atoms with van der Waals surface area (Å²) in [4.78, 5) is 79.0. The number of para-hydroxylation sites is 1. The fraction of sp³-hybridized carbons (Fsp3) is 0.538. The van der Waals surface area contributed by atoms with Gasteiger partial charge in [0.05, 0.1) is 48.6 Å². The van der Waals surface area contributed by atoms with Gasteiger partial charge in [0, 0.05) is 25.2 Å². The second-order valence-corrected chi connectivity index (χ2v) is 14.3. The molecule has 1 aliphatic rings. The van der Waals surface area contributed by atoms with Gasteiger partial charge in [0.2, 0.25) is 11.8 Å². The van der Waals surface area contributed by atoms with Crippen molar-refractivity contribution in [3.8, 4) is 5.75 Å². The zero-order valence-corrected chi connectivity index (χ0v) is 31.8. The van der Waals surface area contributed by atoms with E-state index >= 15 is 0 Å². The van der Waals surface area contributed by atoms with Gasteiger partial charge in [-0.2, -0.15) is 0 Å². The number of aliphatic carboxylic acids is 2. The van der Waals surface area contributed by atoms with Gasteiger partial charge in [-0.25, -0.2) is 8.78 Å². The molecule has 0 aromatic heterocycles. The molecule has 1 saturated carbocycles. The van der Waals surface area contributed by atoms with Crippen LogP contribution in [0.1, 0.15) is 92.5 Å². The molecule has 55 heavy (non-hydrogen) atoms. The van der Waals surface area contributed by atoms with E-state index in [2.05, 4.69) is 16.0 Å². The van der Waals surface area contributed by atoms with E-state index in [0.717, 1.165) is 12.1 Å². The average Bonchev–Trinajstić information content (AvgIpc) is 3.11. The van der Waals surface area contributed by atoms with Gasteiger partial charge in [0.25, 0.3) is 11.8 Å². The number of halogens is 2. The number of methoxy groups -OCH3 is 1. The van der Waals surface area contributed by atoms with Crippen molar-refractivity contribution in [1.82, 2.24) is 20.9 Å². The summed E-state index contributed by atoms with van der Waals surface area (Å²) in [5.74, 6) is -9.34. The van der Waals surface area contributed by atoms with Crippen LogP contribution >= 0.6 is 0 Å². The molecule has 0 spiro atoms. The Labute approximate surface area is 319 Å². The number of carbonyl (C=O) groups excluding carboxylic acids is 4. The molecule has 2 unspecified atom stereocenters. The molecule has 0 bridgehead atoms. The molecule has 3 rings (SSSR count). The van der Waals surface area contributed by atoms with E-state index < -0.39 is 89.7 Å². The summed E-state index contributed by atoms with van der Waals surface area (Å²) in [6, 6.07) is 3.81. The van der Waals surface area contributed by atoms with E-state index in [-0.39, 0.29) is 54.0 Å². The monoisotopic (exact) mass is 774 g/mol. The Bertz CT molecular complexity index is 1660. The molecule has 0 saturated heterocycles. The number of aliphatic hydroxyl groups excluding tert-OH is 1. The molecule has 14 nitrogen and oxygen atoms in total. The topological polar surface area (TPSA) is 212 Å².